The van der Waals surface area contributed by atoms with E-state index in [0.717, 1.165) is 28.2 Å². The van der Waals surface area contributed by atoms with Crippen LogP contribution in [0.3, 0.4) is 0 Å². The number of fused-ring (bicyclic) bond motifs is 1. The summed E-state index contributed by atoms with van der Waals surface area (Å²) in [5.41, 5.74) is 15.3. The normalized spacial score (nSPS) is 13.3. The maximum Gasteiger partial charge on any atom is 0.315 e. The van der Waals surface area contributed by atoms with Gasteiger partial charge in [0.1, 0.15) is 0 Å². The summed E-state index contributed by atoms with van der Waals surface area (Å²) in [6.07, 6.45) is 1.72. The number of hydrogen-bond acceptors (Lipinski definition) is 5. The number of primary amides is 1. The van der Waals surface area contributed by atoms with Crippen LogP contribution in [0.25, 0.3) is 11.3 Å². The van der Waals surface area contributed by atoms with Gasteiger partial charge in [-0.25, -0.2) is 14.8 Å². The Hall–Kier alpha value is -2.70. The predicted octanol–water partition coefficient (Wildman–Crippen LogP) is 0.824. The van der Waals surface area contributed by atoms with Crippen LogP contribution < -0.4 is 11.5 Å². The van der Waals surface area contributed by atoms with Crippen molar-refractivity contribution in [3.05, 3.63) is 35.3 Å². The number of nitrogen functional groups attached to an aromatic ring is 1. The Labute approximate surface area is 115 Å². The third-order valence-electron chi connectivity index (χ3n) is 3.28. The van der Waals surface area contributed by atoms with E-state index in [4.69, 9.17) is 11.5 Å². The molecule has 0 aliphatic carbocycles. The molecule has 0 unspecified atom stereocenters. The number of rotatable bonds is 1. The van der Waals surface area contributed by atoms with Crippen molar-refractivity contribution in [2.75, 3.05) is 5.73 Å². The Morgan fingerprint density at radius 2 is 2.15 bits per heavy atom. The van der Waals surface area contributed by atoms with Crippen molar-refractivity contribution in [3.8, 4) is 11.3 Å². The first-order chi connectivity index (χ1) is 9.54. The number of urea groups is 1. The minimum Gasteiger partial charge on any atom is -0.368 e. The first kappa shape index (κ1) is 12.3. The molecule has 7 nitrogen and oxygen atoms in total. The van der Waals surface area contributed by atoms with Gasteiger partial charge >= 0.3 is 6.03 Å². The third kappa shape index (κ3) is 2.03. The highest BCUT2D eigenvalue weighted by atomic mass is 16.2. The van der Waals surface area contributed by atoms with Crippen molar-refractivity contribution in [1.82, 2.24) is 19.9 Å². The molecular formula is C13H14N6O. The van der Waals surface area contributed by atoms with Gasteiger partial charge in [-0.05, 0) is 19.1 Å². The molecule has 2 amide bonds. The van der Waals surface area contributed by atoms with Gasteiger partial charge in [0.25, 0.3) is 0 Å². The van der Waals surface area contributed by atoms with E-state index < -0.39 is 6.03 Å². The van der Waals surface area contributed by atoms with Crippen molar-refractivity contribution in [2.24, 2.45) is 5.73 Å². The Morgan fingerprint density at radius 1 is 1.35 bits per heavy atom. The predicted molar refractivity (Wildman–Crippen MR) is 73.2 cm³/mol. The van der Waals surface area contributed by atoms with Crippen LogP contribution in [0.5, 0.6) is 0 Å². The van der Waals surface area contributed by atoms with E-state index >= 15 is 0 Å². The van der Waals surface area contributed by atoms with E-state index in [1.54, 1.807) is 6.20 Å². The number of pyridine rings is 1. The van der Waals surface area contributed by atoms with Crippen molar-refractivity contribution < 1.29 is 4.79 Å². The molecule has 3 rings (SSSR count). The van der Waals surface area contributed by atoms with Crippen LogP contribution in [0.15, 0.2) is 18.3 Å². The lowest BCUT2D eigenvalue weighted by Gasteiger charge is -2.10. The second-order valence-corrected chi connectivity index (χ2v) is 4.74. The zero-order chi connectivity index (χ0) is 14.3. The third-order valence-corrected chi connectivity index (χ3v) is 3.28. The lowest BCUT2D eigenvalue weighted by atomic mass is 10.1. The smallest absolute Gasteiger partial charge is 0.315 e. The fourth-order valence-electron chi connectivity index (χ4n) is 2.36. The zero-order valence-electron chi connectivity index (χ0n) is 11.0. The molecule has 0 fully saturated rings. The molecule has 1 aliphatic rings. The number of aromatic nitrogens is 3. The average Bonchev–Trinajstić information content (AvgIpc) is 2.81. The standard InChI is InChI=1S/C13H14N6O/c1-7-4-8(2-3-16-7)11-9-5-19(13(15)20)6-10(9)17-12(14)18-11/h2-4H,5-6H2,1H3,(H2,15,20)(H2,14,17,18). The minimum absolute atomic E-state index is 0.194. The fraction of sp³-hybridized carbons (Fsp3) is 0.231. The highest BCUT2D eigenvalue weighted by Gasteiger charge is 2.27. The van der Waals surface area contributed by atoms with Crippen molar-refractivity contribution >= 4 is 12.0 Å². The highest BCUT2D eigenvalue weighted by Crippen LogP contribution is 2.30. The first-order valence-electron chi connectivity index (χ1n) is 6.17. The number of nitrogens with two attached hydrogens (primary N) is 2. The van der Waals surface area contributed by atoms with E-state index in [2.05, 4.69) is 15.0 Å². The number of carbonyl (C=O) groups excluding carboxylic acids is 1. The van der Waals surface area contributed by atoms with Gasteiger partial charge in [-0.1, -0.05) is 0 Å². The van der Waals surface area contributed by atoms with Crippen LogP contribution in [0.1, 0.15) is 17.0 Å². The molecule has 102 valence electrons. The molecule has 20 heavy (non-hydrogen) atoms. The van der Waals surface area contributed by atoms with E-state index in [9.17, 15) is 4.79 Å². The van der Waals surface area contributed by atoms with Crippen LogP contribution >= 0.6 is 0 Å². The molecule has 0 radical (unpaired) electrons. The van der Waals surface area contributed by atoms with Gasteiger partial charge in [0, 0.05) is 23.0 Å². The number of anilines is 1. The fourth-order valence-corrected chi connectivity index (χ4v) is 2.36. The second-order valence-electron chi connectivity index (χ2n) is 4.74. The minimum atomic E-state index is -0.474. The van der Waals surface area contributed by atoms with Crippen LogP contribution in [-0.4, -0.2) is 25.9 Å². The lowest BCUT2D eigenvalue weighted by Crippen LogP contribution is -2.30. The molecule has 0 spiro atoms. The van der Waals surface area contributed by atoms with Crippen LogP contribution in [0, 0.1) is 6.92 Å². The summed E-state index contributed by atoms with van der Waals surface area (Å²) < 4.78 is 0. The maximum absolute atomic E-state index is 11.3. The van der Waals surface area contributed by atoms with Gasteiger partial charge in [0.05, 0.1) is 24.5 Å². The SMILES string of the molecule is Cc1cc(-c2nc(N)nc3c2CN(C(N)=O)C3)ccn1. The molecule has 4 N–H and O–H groups in total. The zero-order valence-corrected chi connectivity index (χ0v) is 11.0. The maximum atomic E-state index is 11.3. The van der Waals surface area contributed by atoms with Crippen LogP contribution in [0.4, 0.5) is 10.7 Å². The van der Waals surface area contributed by atoms with E-state index in [0.29, 0.717) is 13.1 Å². The summed E-state index contributed by atoms with van der Waals surface area (Å²) in [5.74, 6) is 0.194. The molecule has 2 aromatic rings. The Bertz CT molecular complexity index is 699. The number of aryl methyl sites for hydroxylation is 1. The molecule has 0 saturated carbocycles. The summed E-state index contributed by atoms with van der Waals surface area (Å²) in [4.78, 5) is 25.5. The number of nitrogens with zero attached hydrogens (tertiary/aromatic N) is 4. The largest absolute Gasteiger partial charge is 0.368 e. The monoisotopic (exact) mass is 270 g/mol. The average molecular weight is 270 g/mol. The molecular weight excluding hydrogens is 256 g/mol. The summed E-state index contributed by atoms with van der Waals surface area (Å²) >= 11 is 0. The molecule has 3 heterocycles. The quantitative estimate of drug-likeness (QED) is 0.797. The van der Waals surface area contributed by atoms with E-state index in [1.165, 1.54) is 4.90 Å². The molecule has 2 aromatic heterocycles. The van der Waals surface area contributed by atoms with E-state index in [1.807, 2.05) is 19.1 Å². The topological polar surface area (TPSA) is 111 Å². The summed E-state index contributed by atoms with van der Waals surface area (Å²) in [6.45, 7) is 2.68. The Kier molecular flexibility index (Phi) is 2.74. The highest BCUT2D eigenvalue weighted by molar-refractivity contribution is 5.74. The van der Waals surface area contributed by atoms with E-state index in [-0.39, 0.29) is 5.95 Å². The molecule has 7 heteroatoms. The number of carbonyl (C=O) groups is 1. The Morgan fingerprint density at radius 3 is 2.85 bits per heavy atom. The Balaban J connectivity index is 2.12. The van der Waals surface area contributed by atoms with Gasteiger partial charge in [0.2, 0.25) is 5.95 Å². The second kappa shape index (κ2) is 4.44. The van der Waals surface area contributed by atoms with Gasteiger partial charge in [-0.15, -0.1) is 0 Å². The lowest BCUT2D eigenvalue weighted by molar-refractivity contribution is 0.208. The van der Waals surface area contributed by atoms with Crippen LogP contribution in [0.2, 0.25) is 0 Å². The molecule has 0 aromatic carbocycles. The van der Waals surface area contributed by atoms with Gasteiger partial charge < -0.3 is 16.4 Å². The van der Waals surface area contributed by atoms with Gasteiger partial charge in [0.15, 0.2) is 0 Å². The molecule has 0 atom stereocenters. The number of hydrogen-bond donors (Lipinski definition) is 2. The van der Waals surface area contributed by atoms with Crippen molar-refractivity contribution in [1.29, 1.82) is 0 Å². The number of amides is 2. The van der Waals surface area contributed by atoms with Crippen LogP contribution in [-0.2, 0) is 13.1 Å². The molecule has 1 aliphatic heterocycles. The summed E-state index contributed by atoms with van der Waals surface area (Å²) in [5, 5.41) is 0. The molecule has 0 saturated heterocycles. The van der Waals surface area contributed by atoms with Crippen molar-refractivity contribution in [2.45, 2.75) is 20.0 Å². The first-order valence-corrected chi connectivity index (χ1v) is 6.17. The van der Waals surface area contributed by atoms with Crippen molar-refractivity contribution in [3.63, 3.8) is 0 Å². The van der Waals surface area contributed by atoms with Gasteiger partial charge in [-0.2, -0.15) is 0 Å². The summed E-state index contributed by atoms with van der Waals surface area (Å²) in [7, 11) is 0. The summed E-state index contributed by atoms with van der Waals surface area (Å²) in [6, 6.07) is 3.31. The van der Waals surface area contributed by atoms with Gasteiger partial charge in [-0.3, -0.25) is 4.98 Å². The molecule has 0 bridgehead atoms.